The zero-order valence-corrected chi connectivity index (χ0v) is 18.7. The van der Waals surface area contributed by atoms with Crippen LogP contribution in [0, 0.1) is 19.7 Å². The summed E-state index contributed by atoms with van der Waals surface area (Å²) in [6.07, 6.45) is -0.506. The predicted molar refractivity (Wildman–Crippen MR) is 115 cm³/mol. The topological polar surface area (TPSA) is 105 Å². The Labute approximate surface area is 186 Å². The molecule has 2 N–H and O–H groups in total. The Kier molecular flexibility index (Phi) is 7.60. The Balaban J connectivity index is 1.62. The number of nitrogens with zero attached hydrogens (tertiary/aromatic N) is 1. The highest BCUT2D eigenvalue weighted by Gasteiger charge is 2.35. The number of ether oxygens (including phenoxy) is 1. The number of rotatable bonds is 6. The number of nitrogens with one attached hydrogen (secondary N) is 2. The number of halogens is 1. The van der Waals surface area contributed by atoms with E-state index in [4.69, 9.17) is 4.74 Å². The van der Waals surface area contributed by atoms with E-state index in [-0.39, 0.29) is 30.1 Å². The number of carbonyl (C=O) groups is 2. The van der Waals surface area contributed by atoms with Crippen LogP contribution in [0.3, 0.4) is 0 Å². The molecule has 1 unspecified atom stereocenters. The van der Waals surface area contributed by atoms with Gasteiger partial charge < -0.3 is 15.4 Å². The third kappa shape index (κ3) is 5.50. The van der Waals surface area contributed by atoms with Crippen LogP contribution in [0.4, 0.5) is 4.39 Å². The van der Waals surface area contributed by atoms with Gasteiger partial charge in [-0.2, -0.15) is 4.31 Å². The van der Waals surface area contributed by atoms with Gasteiger partial charge in [0, 0.05) is 13.1 Å². The highest BCUT2D eigenvalue weighted by Crippen LogP contribution is 2.23. The zero-order chi connectivity index (χ0) is 23.3. The molecule has 1 aliphatic rings. The number of benzene rings is 2. The molecule has 1 atom stereocenters. The van der Waals surface area contributed by atoms with E-state index in [9.17, 15) is 22.4 Å². The maximum absolute atomic E-state index is 13.6. The van der Waals surface area contributed by atoms with Crippen molar-refractivity contribution in [1.82, 2.24) is 14.9 Å². The molecule has 2 aromatic carbocycles. The van der Waals surface area contributed by atoms with Crippen molar-refractivity contribution in [3.8, 4) is 0 Å². The second kappa shape index (κ2) is 10.2. The molecule has 0 radical (unpaired) electrons. The lowest BCUT2D eigenvalue weighted by molar-refractivity contribution is -0.140. The van der Waals surface area contributed by atoms with E-state index in [1.165, 1.54) is 19.1 Å². The van der Waals surface area contributed by atoms with E-state index in [0.717, 1.165) is 21.5 Å². The molecule has 8 nitrogen and oxygen atoms in total. The maximum atomic E-state index is 13.6. The van der Waals surface area contributed by atoms with Crippen molar-refractivity contribution in [1.29, 1.82) is 0 Å². The SMILES string of the molecule is Cc1cc(S(=O)(=O)N2CCCOC2CNC(=O)C(=O)NCc2ccccc2C)ccc1F. The van der Waals surface area contributed by atoms with Crippen molar-refractivity contribution in [3.63, 3.8) is 0 Å². The Bertz CT molecular complexity index is 1110. The van der Waals surface area contributed by atoms with Crippen LogP contribution in [0.1, 0.15) is 23.1 Å². The molecule has 0 aliphatic carbocycles. The monoisotopic (exact) mass is 463 g/mol. The molecule has 172 valence electrons. The van der Waals surface area contributed by atoms with Crippen LogP contribution in [0.5, 0.6) is 0 Å². The Morgan fingerprint density at radius 1 is 1.09 bits per heavy atom. The first-order chi connectivity index (χ1) is 15.2. The van der Waals surface area contributed by atoms with Crippen LogP contribution in [0.2, 0.25) is 0 Å². The molecule has 1 saturated heterocycles. The molecule has 2 aromatic rings. The lowest BCUT2D eigenvalue weighted by Crippen LogP contribution is -2.53. The van der Waals surface area contributed by atoms with Gasteiger partial charge in [0.25, 0.3) is 0 Å². The quantitative estimate of drug-likeness (QED) is 0.634. The first-order valence-corrected chi connectivity index (χ1v) is 11.6. The van der Waals surface area contributed by atoms with Gasteiger partial charge in [0.15, 0.2) is 0 Å². The van der Waals surface area contributed by atoms with Crippen LogP contribution >= 0.6 is 0 Å². The van der Waals surface area contributed by atoms with Crippen molar-refractivity contribution in [2.45, 2.75) is 37.9 Å². The number of hydrogen-bond acceptors (Lipinski definition) is 5. The van der Waals surface area contributed by atoms with E-state index >= 15 is 0 Å². The predicted octanol–water partition coefficient (Wildman–Crippen LogP) is 1.61. The summed E-state index contributed by atoms with van der Waals surface area (Å²) < 4.78 is 46.4. The number of hydrogen-bond donors (Lipinski definition) is 2. The summed E-state index contributed by atoms with van der Waals surface area (Å²) in [5, 5.41) is 4.98. The number of sulfonamides is 1. The molecule has 1 aliphatic heterocycles. The molecule has 0 bridgehead atoms. The van der Waals surface area contributed by atoms with Crippen molar-refractivity contribution in [2.24, 2.45) is 0 Å². The summed E-state index contributed by atoms with van der Waals surface area (Å²) in [5.74, 6) is -2.21. The molecule has 0 saturated carbocycles. The molecular weight excluding hydrogens is 437 g/mol. The molecule has 0 spiro atoms. The van der Waals surface area contributed by atoms with Gasteiger partial charge in [-0.05, 0) is 55.2 Å². The molecular formula is C22H26FN3O5S. The Hall–Kier alpha value is -2.82. The van der Waals surface area contributed by atoms with Crippen molar-refractivity contribution < 1.29 is 27.1 Å². The zero-order valence-electron chi connectivity index (χ0n) is 17.9. The molecule has 1 heterocycles. The van der Waals surface area contributed by atoms with Gasteiger partial charge in [-0.15, -0.1) is 0 Å². The van der Waals surface area contributed by atoms with Crippen molar-refractivity contribution >= 4 is 21.8 Å². The van der Waals surface area contributed by atoms with Gasteiger partial charge in [0.1, 0.15) is 12.0 Å². The number of carbonyl (C=O) groups excluding carboxylic acids is 2. The highest BCUT2D eigenvalue weighted by molar-refractivity contribution is 7.89. The molecule has 1 fully saturated rings. The van der Waals surface area contributed by atoms with Gasteiger partial charge in [-0.3, -0.25) is 9.59 Å². The molecule has 3 rings (SSSR count). The van der Waals surface area contributed by atoms with Crippen molar-refractivity contribution in [3.05, 3.63) is 65.0 Å². The van der Waals surface area contributed by atoms with Gasteiger partial charge >= 0.3 is 11.8 Å². The third-order valence-corrected chi connectivity index (χ3v) is 7.12. The third-order valence-electron chi connectivity index (χ3n) is 5.23. The number of aryl methyl sites for hydroxylation is 2. The van der Waals surface area contributed by atoms with Crippen molar-refractivity contribution in [2.75, 3.05) is 19.7 Å². The van der Waals surface area contributed by atoms with Crippen LogP contribution in [-0.4, -0.2) is 50.5 Å². The fourth-order valence-electron chi connectivity index (χ4n) is 3.34. The van der Waals surface area contributed by atoms with E-state index in [1.807, 2.05) is 31.2 Å². The summed E-state index contributed by atoms with van der Waals surface area (Å²) in [6, 6.07) is 11.0. The largest absolute Gasteiger partial charge is 0.360 e. The lowest BCUT2D eigenvalue weighted by Gasteiger charge is -2.34. The van der Waals surface area contributed by atoms with Crippen LogP contribution in [0.15, 0.2) is 47.4 Å². The first-order valence-electron chi connectivity index (χ1n) is 10.2. The van der Waals surface area contributed by atoms with E-state index in [2.05, 4.69) is 10.6 Å². The average Bonchev–Trinajstić information content (AvgIpc) is 2.78. The second-order valence-electron chi connectivity index (χ2n) is 7.52. The molecule has 10 heteroatoms. The minimum Gasteiger partial charge on any atom is -0.360 e. The smallest absolute Gasteiger partial charge is 0.309 e. The normalized spacial score (nSPS) is 17.0. The lowest BCUT2D eigenvalue weighted by atomic mass is 10.1. The minimum atomic E-state index is -3.98. The number of amides is 2. The Morgan fingerprint density at radius 3 is 2.53 bits per heavy atom. The van der Waals surface area contributed by atoms with Gasteiger partial charge in [0.05, 0.1) is 18.0 Å². The van der Waals surface area contributed by atoms with Gasteiger partial charge in [-0.25, -0.2) is 12.8 Å². The average molecular weight is 464 g/mol. The standard InChI is InChI=1S/C22H26FN3O5S/c1-15-6-3-4-7-17(15)13-24-21(27)22(28)25-14-20-26(10-5-11-31-20)32(29,30)18-8-9-19(23)16(2)12-18/h3-4,6-9,12,20H,5,10-11,13-14H2,1-2H3,(H,24,27)(H,25,28). The summed E-state index contributed by atoms with van der Waals surface area (Å²) >= 11 is 0. The van der Waals surface area contributed by atoms with Gasteiger partial charge in [0.2, 0.25) is 10.0 Å². The Morgan fingerprint density at radius 2 is 1.81 bits per heavy atom. The fraction of sp³-hybridized carbons (Fsp3) is 0.364. The molecule has 0 aromatic heterocycles. The van der Waals surface area contributed by atoms with Gasteiger partial charge in [-0.1, -0.05) is 24.3 Å². The summed E-state index contributed by atoms with van der Waals surface area (Å²) in [7, 11) is -3.98. The van der Waals surface area contributed by atoms with E-state index < -0.39 is 33.9 Å². The molecule has 2 amide bonds. The van der Waals surface area contributed by atoms with E-state index in [1.54, 1.807) is 0 Å². The maximum Gasteiger partial charge on any atom is 0.309 e. The second-order valence-corrected chi connectivity index (χ2v) is 9.42. The fourth-order valence-corrected chi connectivity index (χ4v) is 4.99. The van der Waals surface area contributed by atoms with E-state index in [0.29, 0.717) is 13.0 Å². The molecule has 32 heavy (non-hydrogen) atoms. The van der Waals surface area contributed by atoms with Crippen LogP contribution in [0.25, 0.3) is 0 Å². The summed E-state index contributed by atoms with van der Waals surface area (Å²) in [5.41, 5.74) is 2.08. The minimum absolute atomic E-state index is 0.0609. The van der Waals surface area contributed by atoms with Crippen LogP contribution in [-0.2, 0) is 30.9 Å². The summed E-state index contributed by atoms with van der Waals surface area (Å²) in [6.45, 7) is 3.88. The van der Waals surface area contributed by atoms with Crippen LogP contribution < -0.4 is 10.6 Å². The first kappa shape index (κ1) is 23.8. The highest BCUT2D eigenvalue weighted by atomic mass is 32.2. The summed E-state index contributed by atoms with van der Waals surface area (Å²) in [4.78, 5) is 24.3.